The lowest BCUT2D eigenvalue weighted by molar-refractivity contribution is -0.124. The van der Waals surface area contributed by atoms with Crippen molar-refractivity contribution in [2.24, 2.45) is 0 Å². The first kappa shape index (κ1) is 18.0. The molecule has 24 heavy (non-hydrogen) atoms. The minimum absolute atomic E-state index is 0.0680. The highest BCUT2D eigenvalue weighted by Gasteiger charge is 2.21. The van der Waals surface area contributed by atoms with Gasteiger partial charge in [0.15, 0.2) is 6.61 Å². The van der Waals surface area contributed by atoms with E-state index < -0.39 is 5.97 Å². The molecule has 1 unspecified atom stereocenters. The van der Waals surface area contributed by atoms with E-state index in [1.807, 2.05) is 13.8 Å². The van der Waals surface area contributed by atoms with Gasteiger partial charge in [0.2, 0.25) is 5.91 Å². The molecular formula is C18H24N2O4. The largest absolute Gasteiger partial charge is 0.452 e. The summed E-state index contributed by atoms with van der Waals surface area (Å²) < 4.78 is 5.02. The summed E-state index contributed by atoms with van der Waals surface area (Å²) in [6.45, 7) is 4.38. The second-order valence-corrected chi connectivity index (χ2v) is 6.03. The van der Waals surface area contributed by atoms with Gasteiger partial charge in [-0.05, 0) is 44.0 Å². The summed E-state index contributed by atoms with van der Waals surface area (Å²) in [7, 11) is 0. The summed E-state index contributed by atoms with van der Waals surface area (Å²) in [6, 6.07) is 6.74. The van der Waals surface area contributed by atoms with Gasteiger partial charge in [0.05, 0.1) is 5.56 Å². The lowest BCUT2D eigenvalue weighted by Gasteiger charge is -2.16. The van der Waals surface area contributed by atoms with Gasteiger partial charge in [0.1, 0.15) is 0 Å². The van der Waals surface area contributed by atoms with Crippen LogP contribution in [0.15, 0.2) is 24.3 Å². The maximum Gasteiger partial charge on any atom is 0.338 e. The number of carbonyl (C=O) groups excluding carboxylic acids is 3. The number of hydrogen-bond acceptors (Lipinski definition) is 4. The van der Waals surface area contributed by atoms with Crippen LogP contribution in [-0.2, 0) is 14.3 Å². The molecule has 1 aromatic carbocycles. The first-order chi connectivity index (χ1) is 11.5. The topological polar surface area (TPSA) is 75.7 Å². The molecule has 0 saturated carbocycles. The van der Waals surface area contributed by atoms with Crippen molar-refractivity contribution >= 4 is 23.5 Å². The van der Waals surface area contributed by atoms with Crippen molar-refractivity contribution in [3.63, 3.8) is 0 Å². The smallest absolute Gasteiger partial charge is 0.338 e. The molecule has 1 saturated heterocycles. The van der Waals surface area contributed by atoms with Crippen LogP contribution in [0.25, 0.3) is 0 Å². The molecule has 0 spiro atoms. The highest BCUT2D eigenvalue weighted by atomic mass is 16.5. The van der Waals surface area contributed by atoms with E-state index in [0.29, 0.717) is 18.5 Å². The Morgan fingerprint density at radius 2 is 2.00 bits per heavy atom. The van der Waals surface area contributed by atoms with Crippen LogP contribution in [0.1, 0.15) is 49.9 Å². The zero-order valence-corrected chi connectivity index (χ0v) is 14.2. The van der Waals surface area contributed by atoms with Gasteiger partial charge < -0.3 is 15.0 Å². The Balaban J connectivity index is 1.84. The van der Waals surface area contributed by atoms with E-state index in [2.05, 4.69) is 5.32 Å². The second kappa shape index (κ2) is 8.47. The molecule has 6 nitrogen and oxygen atoms in total. The Morgan fingerprint density at radius 3 is 2.58 bits per heavy atom. The number of hydrogen-bond donors (Lipinski definition) is 1. The number of nitrogens with one attached hydrogen (secondary N) is 1. The van der Waals surface area contributed by atoms with Crippen molar-refractivity contribution in [2.45, 2.75) is 45.6 Å². The second-order valence-electron chi connectivity index (χ2n) is 6.03. The zero-order chi connectivity index (χ0) is 17.5. The third-order valence-corrected chi connectivity index (χ3v) is 3.95. The van der Waals surface area contributed by atoms with E-state index in [1.54, 1.807) is 29.2 Å². The number of anilines is 1. The minimum atomic E-state index is -0.549. The summed E-state index contributed by atoms with van der Waals surface area (Å²) in [5.74, 6) is -0.751. The number of rotatable bonds is 7. The number of esters is 1. The van der Waals surface area contributed by atoms with Gasteiger partial charge in [0.25, 0.3) is 5.91 Å². The molecule has 6 heteroatoms. The van der Waals surface area contributed by atoms with E-state index in [1.165, 1.54) is 0 Å². The summed E-state index contributed by atoms with van der Waals surface area (Å²) in [5, 5.41) is 2.78. The van der Waals surface area contributed by atoms with Gasteiger partial charge in [-0.1, -0.05) is 13.3 Å². The first-order valence-corrected chi connectivity index (χ1v) is 8.38. The van der Waals surface area contributed by atoms with Crippen LogP contribution in [0.3, 0.4) is 0 Å². The molecule has 130 valence electrons. The molecule has 2 rings (SSSR count). The van der Waals surface area contributed by atoms with E-state index in [-0.39, 0.29) is 24.5 Å². The van der Waals surface area contributed by atoms with Crippen molar-refractivity contribution in [3.05, 3.63) is 29.8 Å². The summed E-state index contributed by atoms with van der Waals surface area (Å²) in [5.41, 5.74) is 1.14. The van der Waals surface area contributed by atoms with Gasteiger partial charge in [-0.2, -0.15) is 0 Å². The molecule has 0 aromatic heterocycles. The van der Waals surface area contributed by atoms with Crippen LogP contribution in [0.5, 0.6) is 0 Å². The SMILES string of the molecule is CCCC(C)NC(=O)COC(=O)c1ccc(N2CCCC2=O)cc1. The predicted octanol–water partition coefficient (Wildman–Crippen LogP) is 2.28. The Morgan fingerprint density at radius 1 is 1.29 bits per heavy atom. The number of ether oxygens (including phenoxy) is 1. The Kier molecular flexibility index (Phi) is 6.35. The van der Waals surface area contributed by atoms with Crippen LogP contribution >= 0.6 is 0 Å². The number of amides is 2. The lowest BCUT2D eigenvalue weighted by atomic mass is 10.2. The monoisotopic (exact) mass is 332 g/mol. The fourth-order valence-corrected chi connectivity index (χ4v) is 2.73. The molecule has 1 aliphatic rings. The van der Waals surface area contributed by atoms with Crippen LogP contribution in [0.2, 0.25) is 0 Å². The molecule has 1 fully saturated rings. The van der Waals surface area contributed by atoms with E-state index in [9.17, 15) is 14.4 Å². The molecule has 1 N–H and O–H groups in total. The van der Waals surface area contributed by atoms with Crippen molar-refractivity contribution in [2.75, 3.05) is 18.1 Å². The molecule has 1 atom stereocenters. The standard InChI is InChI=1S/C18H24N2O4/c1-3-5-13(2)19-16(21)12-24-18(23)14-7-9-15(10-8-14)20-11-4-6-17(20)22/h7-10,13H,3-6,11-12H2,1-2H3,(H,19,21). The first-order valence-electron chi connectivity index (χ1n) is 8.38. The quantitative estimate of drug-likeness (QED) is 0.777. The maximum absolute atomic E-state index is 12.0. The van der Waals surface area contributed by atoms with Crippen LogP contribution in [0.4, 0.5) is 5.69 Å². The highest BCUT2D eigenvalue weighted by molar-refractivity contribution is 5.96. The van der Waals surface area contributed by atoms with Gasteiger partial charge in [-0.25, -0.2) is 4.79 Å². The molecule has 1 aromatic rings. The highest BCUT2D eigenvalue weighted by Crippen LogP contribution is 2.21. The van der Waals surface area contributed by atoms with Gasteiger partial charge in [-0.15, -0.1) is 0 Å². The summed E-state index contributed by atoms with van der Waals surface area (Å²) in [6.07, 6.45) is 3.28. The third kappa shape index (κ3) is 4.81. The minimum Gasteiger partial charge on any atom is -0.452 e. The van der Waals surface area contributed by atoms with Crippen LogP contribution in [0, 0.1) is 0 Å². The van der Waals surface area contributed by atoms with E-state index in [0.717, 1.165) is 24.9 Å². The molecule has 1 aliphatic heterocycles. The van der Waals surface area contributed by atoms with Crippen molar-refractivity contribution in [1.82, 2.24) is 5.32 Å². The van der Waals surface area contributed by atoms with Crippen LogP contribution < -0.4 is 10.2 Å². The Labute approximate surface area is 142 Å². The third-order valence-electron chi connectivity index (χ3n) is 3.95. The normalized spacial score (nSPS) is 15.2. The fourth-order valence-electron chi connectivity index (χ4n) is 2.73. The number of benzene rings is 1. The van der Waals surface area contributed by atoms with Crippen molar-refractivity contribution in [3.8, 4) is 0 Å². The van der Waals surface area contributed by atoms with Gasteiger partial charge in [0, 0.05) is 24.7 Å². The number of nitrogens with zero attached hydrogens (tertiary/aromatic N) is 1. The van der Waals surface area contributed by atoms with Crippen molar-refractivity contribution in [1.29, 1.82) is 0 Å². The Hall–Kier alpha value is -2.37. The average molecular weight is 332 g/mol. The van der Waals surface area contributed by atoms with E-state index in [4.69, 9.17) is 4.74 Å². The predicted molar refractivity (Wildman–Crippen MR) is 90.8 cm³/mol. The van der Waals surface area contributed by atoms with Gasteiger partial charge >= 0.3 is 5.97 Å². The summed E-state index contributed by atoms with van der Waals surface area (Å²) in [4.78, 5) is 37.1. The van der Waals surface area contributed by atoms with E-state index >= 15 is 0 Å². The molecular weight excluding hydrogens is 308 g/mol. The fraction of sp³-hybridized carbons (Fsp3) is 0.500. The average Bonchev–Trinajstić information content (AvgIpc) is 2.99. The molecule has 2 amide bonds. The zero-order valence-electron chi connectivity index (χ0n) is 14.2. The molecule has 0 aliphatic carbocycles. The van der Waals surface area contributed by atoms with Gasteiger partial charge in [-0.3, -0.25) is 9.59 Å². The lowest BCUT2D eigenvalue weighted by Crippen LogP contribution is -2.35. The van der Waals surface area contributed by atoms with Crippen LogP contribution in [-0.4, -0.2) is 37.0 Å². The van der Waals surface area contributed by atoms with Crippen molar-refractivity contribution < 1.29 is 19.1 Å². The molecule has 1 heterocycles. The molecule has 0 radical (unpaired) electrons. The maximum atomic E-state index is 12.0. The Bertz CT molecular complexity index is 598. The summed E-state index contributed by atoms with van der Waals surface area (Å²) >= 11 is 0. The number of carbonyl (C=O) groups is 3. The molecule has 0 bridgehead atoms.